The van der Waals surface area contributed by atoms with Gasteiger partial charge in [0.05, 0.1) is 0 Å². The van der Waals surface area contributed by atoms with Crippen molar-refractivity contribution in [1.82, 2.24) is 5.32 Å². The van der Waals surface area contributed by atoms with E-state index in [4.69, 9.17) is 0 Å². The summed E-state index contributed by atoms with van der Waals surface area (Å²) in [6.45, 7) is 6.88. The third-order valence-electron chi connectivity index (χ3n) is 2.63. The molecule has 80 valence electrons. The van der Waals surface area contributed by atoms with Gasteiger partial charge in [-0.25, -0.2) is 0 Å². The molecule has 0 bridgehead atoms. The van der Waals surface area contributed by atoms with Crippen molar-refractivity contribution in [2.75, 3.05) is 7.05 Å². The van der Waals surface area contributed by atoms with Crippen LogP contribution in [0.5, 0.6) is 0 Å². The summed E-state index contributed by atoms with van der Waals surface area (Å²) in [6, 6.07) is 0.761. The van der Waals surface area contributed by atoms with E-state index in [2.05, 4.69) is 33.1 Å². The van der Waals surface area contributed by atoms with E-state index in [-0.39, 0.29) is 0 Å². The van der Waals surface area contributed by atoms with Crippen LogP contribution >= 0.6 is 0 Å². The number of nitrogens with one attached hydrogen (secondary N) is 1. The van der Waals surface area contributed by atoms with Gasteiger partial charge < -0.3 is 5.32 Å². The molecule has 1 nitrogen and oxygen atoms in total. The van der Waals surface area contributed by atoms with E-state index >= 15 is 0 Å². The third-order valence-corrected chi connectivity index (χ3v) is 2.63. The second kappa shape index (κ2) is 8.55. The molecule has 0 amide bonds. The fourth-order valence-corrected chi connectivity index (χ4v) is 1.72. The molecule has 0 aromatic rings. The summed E-state index contributed by atoms with van der Waals surface area (Å²) in [6.07, 6.45) is 8.18. The first-order chi connectivity index (χ1) is 6.20. The standard InChI is InChI=1S/C12H27N/c1-5-8-12(13-4)10-7-6-9-11(2)3/h11-13H,5-10H2,1-4H3. The highest BCUT2D eigenvalue weighted by atomic mass is 14.9. The van der Waals surface area contributed by atoms with Crippen LogP contribution in [0.1, 0.15) is 59.3 Å². The molecule has 0 heterocycles. The lowest BCUT2D eigenvalue weighted by Crippen LogP contribution is -2.24. The molecule has 0 saturated heterocycles. The van der Waals surface area contributed by atoms with Gasteiger partial charge in [0.1, 0.15) is 0 Å². The van der Waals surface area contributed by atoms with Crippen LogP contribution in [-0.2, 0) is 0 Å². The zero-order valence-corrected chi connectivity index (χ0v) is 9.90. The second-order valence-electron chi connectivity index (χ2n) is 4.45. The molecule has 0 fully saturated rings. The number of unbranched alkanes of at least 4 members (excludes halogenated alkanes) is 1. The lowest BCUT2D eigenvalue weighted by Gasteiger charge is -2.14. The van der Waals surface area contributed by atoms with Crippen LogP contribution in [-0.4, -0.2) is 13.1 Å². The normalized spacial score (nSPS) is 13.6. The Bertz CT molecular complexity index is 99.3. The van der Waals surface area contributed by atoms with Crippen molar-refractivity contribution in [3.63, 3.8) is 0 Å². The van der Waals surface area contributed by atoms with Crippen molar-refractivity contribution in [2.45, 2.75) is 65.3 Å². The van der Waals surface area contributed by atoms with Crippen molar-refractivity contribution in [3.8, 4) is 0 Å². The molecule has 13 heavy (non-hydrogen) atoms. The van der Waals surface area contributed by atoms with Gasteiger partial charge in [-0.05, 0) is 25.8 Å². The Hall–Kier alpha value is -0.0400. The van der Waals surface area contributed by atoms with Gasteiger partial charge in [0.15, 0.2) is 0 Å². The van der Waals surface area contributed by atoms with Crippen LogP contribution in [0.15, 0.2) is 0 Å². The molecule has 0 radical (unpaired) electrons. The maximum Gasteiger partial charge on any atom is 0.00639 e. The predicted octanol–water partition coefficient (Wildman–Crippen LogP) is 3.59. The van der Waals surface area contributed by atoms with Crippen LogP contribution in [0.3, 0.4) is 0 Å². The van der Waals surface area contributed by atoms with E-state index in [1.54, 1.807) is 0 Å². The molecular formula is C12H27N. The molecule has 0 aliphatic heterocycles. The van der Waals surface area contributed by atoms with Gasteiger partial charge in [-0.2, -0.15) is 0 Å². The van der Waals surface area contributed by atoms with E-state index in [0.717, 1.165) is 12.0 Å². The third kappa shape index (κ3) is 8.29. The Morgan fingerprint density at radius 2 is 1.62 bits per heavy atom. The summed E-state index contributed by atoms with van der Waals surface area (Å²) in [5.74, 6) is 0.874. The van der Waals surface area contributed by atoms with Crippen LogP contribution in [0.25, 0.3) is 0 Å². The predicted molar refractivity (Wildman–Crippen MR) is 61.1 cm³/mol. The molecule has 0 aliphatic rings. The highest BCUT2D eigenvalue weighted by Crippen LogP contribution is 2.11. The lowest BCUT2D eigenvalue weighted by atomic mass is 10.0. The van der Waals surface area contributed by atoms with E-state index < -0.39 is 0 Å². The van der Waals surface area contributed by atoms with Gasteiger partial charge in [-0.3, -0.25) is 0 Å². The molecule has 1 atom stereocenters. The number of hydrogen-bond donors (Lipinski definition) is 1. The molecule has 0 aliphatic carbocycles. The highest BCUT2D eigenvalue weighted by Gasteiger charge is 2.03. The van der Waals surface area contributed by atoms with Gasteiger partial charge in [-0.15, -0.1) is 0 Å². The minimum absolute atomic E-state index is 0.761. The van der Waals surface area contributed by atoms with E-state index in [1.807, 2.05) is 0 Å². The van der Waals surface area contributed by atoms with Crippen molar-refractivity contribution < 1.29 is 0 Å². The Morgan fingerprint density at radius 1 is 1.00 bits per heavy atom. The van der Waals surface area contributed by atoms with E-state index in [0.29, 0.717) is 0 Å². The molecule has 0 aromatic carbocycles. The fourth-order valence-electron chi connectivity index (χ4n) is 1.72. The summed E-state index contributed by atoms with van der Waals surface area (Å²) in [5.41, 5.74) is 0. The van der Waals surface area contributed by atoms with Crippen molar-refractivity contribution in [1.29, 1.82) is 0 Å². The Labute approximate surface area is 84.3 Å². The molecule has 0 spiro atoms. The first kappa shape index (κ1) is 13.0. The summed E-state index contributed by atoms with van der Waals surface area (Å²) < 4.78 is 0. The van der Waals surface area contributed by atoms with Crippen molar-refractivity contribution in [3.05, 3.63) is 0 Å². The van der Waals surface area contributed by atoms with Crippen molar-refractivity contribution in [2.24, 2.45) is 5.92 Å². The highest BCUT2D eigenvalue weighted by molar-refractivity contribution is 4.63. The van der Waals surface area contributed by atoms with Gasteiger partial charge in [0.2, 0.25) is 0 Å². The van der Waals surface area contributed by atoms with Crippen LogP contribution < -0.4 is 5.32 Å². The molecular weight excluding hydrogens is 158 g/mol. The van der Waals surface area contributed by atoms with Gasteiger partial charge in [0, 0.05) is 6.04 Å². The summed E-state index contributed by atoms with van der Waals surface area (Å²) in [4.78, 5) is 0. The van der Waals surface area contributed by atoms with Gasteiger partial charge in [0.25, 0.3) is 0 Å². The zero-order chi connectivity index (χ0) is 10.1. The van der Waals surface area contributed by atoms with Crippen molar-refractivity contribution >= 4 is 0 Å². The van der Waals surface area contributed by atoms with E-state index in [9.17, 15) is 0 Å². The maximum atomic E-state index is 3.39. The molecule has 1 N–H and O–H groups in total. The Morgan fingerprint density at radius 3 is 2.08 bits per heavy atom. The lowest BCUT2D eigenvalue weighted by molar-refractivity contribution is 0.442. The molecule has 1 heteroatoms. The fraction of sp³-hybridized carbons (Fsp3) is 1.00. The van der Waals surface area contributed by atoms with Gasteiger partial charge in [-0.1, -0.05) is 46.5 Å². The van der Waals surface area contributed by atoms with Crippen LogP contribution in [0.4, 0.5) is 0 Å². The number of hydrogen-bond acceptors (Lipinski definition) is 1. The minimum Gasteiger partial charge on any atom is -0.317 e. The average molecular weight is 185 g/mol. The first-order valence-electron chi connectivity index (χ1n) is 5.88. The van der Waals surface area contributed by atoms with Crippen LogP contribution in [0, 0.1) is 5.92 Å². The topological polar surface area (TPSA) is 12.0 Å². The summed E-state index contributed by atoms with van der Waals surface area (Å²) in [5, 5.41) is 3.39. The van der Waals surface area contributed by atoms with Gasteiger partial charge >= 0.3 is 0 Å². The largest absolute Gasteiger partial charge is 0.317 e. The quantitative estimate of drug-likeness (QED) is 0.570. The van der Waals surface area contributed by atoms with E-state index in [1.165, 1.54) is 38.5 Å². The molecule has 0 saturated carbocycles. The summed E-state index contributed by atoms with van der Waals surface area (Å²) in [7, 11) is 2.09. The number of rotatable bonds is 8. The Kier molecular flexibility index (Phi) is 8.53. The Balaban J connectivity index is 3.27. The monoisotopic (exact) mass is 185 g/mol. The van der Waals surface area contributed by atoms with Crippen LogP contribution in [0.2, 0.25) is 0 Å². The molecule has 0 aromatic heterocycles. The first-order valence-corrected chi connectivity index (χ1v) is 5.88. The second-order valence-corrected chi connectivity index (χ2v) is 4.45. The zero-order valence-electron chi connectivity index (χ0n) is 9.90. The molecule has 0 rings (SSSR count). The average Bonchev–Trinajstić information content (AvgIpc) is 2.10. The summed E-state index contributed by atoms with van der Waals surface area (Å²) >= 11 is 0. The minimum atomic E-state index is 0.761. The smallest absolute Gasteiger partial charge is 0.00639 e. The maximum absolute atomic E-state index is 3.39. The molecule has 1 unspecified atom stereocenters. The SMILES string of the molecule is CCCC(CCCCC(C)C)NC.